The fourth-order valence-corrected chi connectivity index (χ4v) is 2.85. The standard InChI is InChI=1S/C17H18N4O2S/c1-13-7-9-14(10-8-13)23-11-12-24-17-18-19-20-21(17)15-5-3-4-6-16(15)22-2/h3-10H,11-12H2,1-2H3. The predicted molar refractivity (Wildman–Crippen MR) is 93.1 cm³/mol. The highest BCUT2D eigenvalue weighted by atomic mass is 32.2. The summed E-state index contributed by atoms with van der Waals surface area (Å²) >= 11 is 1.54. The topological polar surface area (TPSA) is 62.1 Å². The molecular formula is C17H18N4O2S. The normalized spacial score (nSPS) is 10.6. The molecule has 3 aromatic rings. The molecule has 0 N–H and O–H groups in total. The summed E-state index contributed by atoms with van der Waals surface area (Å²) in [5.41, 5.74) is 2.03. The lowest BCUT2D eigenvalue weighted by Crippen LogP contribution is -2.04. The smallest absolute Gasteiger partial charge is 0.214 e. The highest BCUT2D eigenvalue weighted by Gasteiger charge is 2.12. The summed E-state index contributed by atoms with van der Waals surface area (Å²) in [6.45, 7) is 2.63. The third kappa shape index (κ3) is 3.86. The number of hydrogen-bond acceptors (Lipinski definition) is 6. The molecule has 0 atom stereocenters. The molecule has 0 aliphatic rings. The minimum atomic E-state index is 0.576. The van der Waals surface area contributed by atoms with Crippen LogP contribution in [0.25, 0.3) is 5.69 Å². The number of tetrazole rings is 1. The summed E-state index contributed by atoms with van der Waals surface area (Å²) in [4.78, 5) is 0. The van der Waals surface area contributed by atoms with Gasteiger partial charge in [0.25, 0.3) is 0 Å². The van der Waals surface area contributed by atoms with Gasteiger partial charge in [-0.25, -0.2) is 0 Å². The Balaban J connectivity index is 1.61. The molecule has 0 saturated heterocycles. The number of para-hydroxylation sites is 2. The number of rotatable bonds is 7. The molecule has 6 nitrogen and oxygen atoms in total. The van der Waals surface area contributed by atoms with Gasteiger partial charge in [0, 0.05) is 5.75 Å². The van der Waals surface area contributed by atoms with E-state index in [2.05, 4.69) is 22.4 Å². The van der Waals surface area contributed by atoms with Crippen LogP contribution in [0.2, 0.25) is 0 Å². The number of ether oxygens (including phenoxy) is 2. The zero-order valence-corrected chi connectivity index (χ0v) is 14.4. The predicted octanol–water partition coefficient (Wildman–Crippen LogP) is 3.15. The Hall–Kier alpha value is -2.54. The Morgan fingerprint density at radius 1 is 1.08 bits per heavy atom. The summed E-state index contributed by atoms with van der Waals surface area (Å²) < 4.78 is 12.8. The van der Waals surface area contributed by atoms with Gasteiger partial charge in [0.05, 0.1) is 13.7 Å². The molecule has 24 heavy (non-hydrogen) atoms. The first-order chi connectivity index (χ1) is 11.8. The van der Waals surface area contributed by atoms with Crippen molar-refractivity contribution in [2.75, 3.05) is 19.5 Å². The van der Waals surface area contributed by atoms with Gasteiger partial charge in [0.1, 0.15) is 17.2 Å². The number of benzene rings is 2. The van der Waals surface area contributed by atoms with Crippen LogP contribution in [0.5, 0.6) is 11.5 Å². The van der Waals surface area contributed by atoms with E-state index in [-0.39, 0.29) is 0 Å². The van der Waals surface area contributed by atoms with Crippen LogP contribution in [0.4, 0.5) is 0 Å². The Morgan fingerprint density at radius 3 is 2.67 bits per heavy atom. The molecule has 0 unspecified atom stereocenters. The lowest BCUT2D eigenvalue weighted by atomic mass is 10.2. The van der Waals surface area contributed by atoms with Crippen molar-refractivity contribution in [3.63, 3.8) is 0 Å². The van der Waals surface area contributed by atoms with Gasteiger partial charge in [-0.15, -0.1) is 5.10 Å². The van der Waals surface area contributed by atoms with Crippen LogP contribution in [0.1, 0.15) is 5.56 Å². The zero-order valence-electron chi connectivity index (χ0n) is 13.5. The first kappa shape index (κ1) is 16.3. The van der Waals surface area contributed by atoms with Crippen molar-refractivity contribution in [3.8, 4) is 17.2 Å². The molecule has 124 valence electrons. The lowest BCUT2D eigenvalue weighted by molar-refractivity contribution is 0.344. The maximum absolute atomic E-state index is 5.73. The van der Waals surface area contributed by atoms with Gasteiger partial charge in [-0.1, -0.05) is 41.6 Å². The Kier molecular flexibility index (Phi) is 5.32. The van der Waals surface area contributed by atoms with Crippen molar-refractivity contribution >= 4 is 11.8 Å². The molecule has 0 aliphatic carbocycles. The highest BCUT2D eigenvalue weighted by molar-refractivity contribution is 7.99. The van der Waals surface area contributed by atoms with Crippen LogP contribution in [-0.2, 0) is 0 Å². The Morgan fingerprint density at radius 2 is 1.88 bits per heavy atom. The second-order valence-electron chi connectivity index (χ2n) is 5.06. The molecule has 1 aromatic heterocycles. The third-order valence-corrected chi connectivity index (χ3v) is 4.24. The summed E-state index contributed by atoms with van der Waals surface area (Å²) in [7, 11) is 1.63. The summed E-state index contributed by atoms with van der Waals surface area (Å²) in [5.74, 6) is 2.33. The number of hydrogen-bond donors (Lipinski definition) is 0. The van der Waals surface area contributed by atoms with Gasteiger partial charge >= 0.3 is 0 Å². The average Bonchev–Trinajstić information content (AvgIpc) is 3.08. The number of thioether (sulfide) groups is 1. The molecule has 1 heterocycles. The Bertz CT molecular complexity index is 789. The monoisotopic (exact) mass is 342 g/mol. The summed E-state index contributed by atoms with van der Waals surface area (Å²) in [6, 6.07) is 15.6. The van der Waals surface area contributed by atoms with E-state index < -0.39 is 0 Å². The molecule has 3 rings (SSSR count). The molecular weight excluding hydrogens is 324 g/mol. The van der Waals surface area contributed by atoms with Crippen LogP contribution in [-0.4, -0.2) is 39.7 Å². The van der Waals surface area contributed by atoms with Crippen molar-refractivity contribution in [1.29, 1.82) is 0 Å². The van der Waals surface area contributed by atoms with E-state index in [4.69, 9.17) is 9.47 Å². The largest absolute Gasteiger partial charge is 0.494 e. The van der Waals surface area contributed by atoms with E-state index in [1.54, 1.807) is 11.8 Å². The average molecular weight is 342 g/mol. The van der Waals surface area contributed by atoms with E-state index in [0.717, 1.165) is 22.9 Å². The van der Waals surface area contributed by atoms with E-state index in [0.29, 0.717) is 11.8 Å². The second kappa shape index (κ2) is 7.83. The minimum Gasteiger partial charge on any atom is -0.494 e. The minimum absolute atomic E-state index is 0.576. The molecule has 0 saturated carbocycles. The van der Waals surface area contributed by atoms with Gasteiger partial charge in [0.2, 0.25) is 5.16 Å². The lowest BCUT2D eigenvalue weighted by Gasteiger charge is -2.09. The highest BCUT2D eigenvalue weighted by Crippen LogP contribution is 2.25. The van der Waals surface area contributed by atoms with Crippen LogP contribution in [0.3, 0.4) is 0 Å². The maximum Gasteiger partial charge on any atom is 0.214 e. The van der Waals surface area contributed by atoms with Gasteiger partial charge < -0.3 is 9.47 Å². The van der Waals surface area contributed by atoms with E-state index >= 15 is 0 Å². The number of aromatic nitrogens is 4. The molecule has 7 heteroatoms. The maximum atomic E-state index is 5.73. The van der Waals surface area contributed by atoms with Gasteiger partial charge in [-0.3, -0.25) is 0 Å². The molecule has 2 aromatic carbocycles. The summed E-state index contributed by atoms with van der Waals surface area (Å²) in [5, 5.41) is 12.6. The molecule has 0 radical (unpaired) electrons. The quantitative estimate of drug-likeness (QED) is 0.485. The number of methoxy groups -OCH3 is 1. The van der Waals surface area contributed by atoms with Gasteiger partial charge in [0.15, 0.2) is 0 Å². The Labute approximate surface area is 144 Å². The molecule has 0 aliphatic heterocycles. The molecule has 0 amide bonds. The molecule has 0 bridgehead atoms. The van der Waals surface area contributed by atoms with E-state index in [1.807, 2.05) is 48.5 Å². The van der Waals surface area contributed by atoms with E-state index in [1.165, 1.54) is 17.3 Å². The fraction of sp³-hybridized carbons (Fsp3) is 0.235. The molecule has 0 fully saturated rings. The molecule has 0 spiro atoms. The first-order valence-electron chi connectivity index (χ1n) is 7.52. The van der Waals surface area contributed by atoms with Gasteiger partial charge in [-0.2, -0.15) is 4.68 Å². The SMILES string of the molecule is COc1ccccc1-n1nnnc1SCCOc1ccc(C)cc1. The van der Waals surface area contributed by atoms with Crippen LogP contribution in [0.15, 0.2) is 53.7 Å². The fourth-order valence-electron chi connectivity index (χ4n) is 2.15. The van der Waals surface area contributed by atoms with Crippen LogP contribution in [0, 0.1) is 6.92 Å². The summed E-state index contributed by atoms with van der Waals surface area (Å²) in [6.07, 6.45) is 0. The van der Waals surface area contributed by atoms with Crippen LogP contribution >= 0.6 is 11.8 Å². The first-order valence-corrected chi connectivity index (χ1v) is 8.50. The van der Waals surface area contributed by atoms with Crippen molar-refractivity contribution < 1.29 is 9.47 Å². The van der Waals surface area contributed by atoms with Gasteiger partial charge in [-0.05, 0) is 41.6 Å². The van der Waals surface area contributed by atoms with Crippen LogP contribution < -0.4 is 9.47 Å². The van der Waals surface area contributed by atoms with Crippen molar-refractivity contribution in [2.24, 2.45) is 0 Å². The van der Waals surface area contributed by atoms with Crippen molar-refractivity contribution in [3.05, 3.63) is 54.1 Å². The number of aryl methyl sites for hydroxylation is 1. The van der Waals surface area contributed by atoms with Crippen molar-refractivity contribution in [1.82, 2.24) is 20.2 Å². The van der Waals surface area contributed by atoms with Crippen molar-refractivity contribution in [2.45, 2.75) is 12.1 Å². The second-order valence-corrected chi connectivity index (χ2v) is 6.12. The zero-order chi connectivity index (χ0) is 16.8. The van der Waals surface area contributed by atoms with E-state index in [9.17, 15) is 0 Å². The third-order valence-electron chi connectivity index (χ3n) is 3.36. The number of nitrogens with zero attached hydrogens (tertiary/aromatic N) is 4.